The molecule has 1 aromatic carbocycles. The van der Waals surface area contributed by atoms with Gasteiger partial charge in [0.15, 0.2) is 0 Å². The lowest BCUT2D eigenvalue weighted by Crippen LogP contribution is -2.31. The van der Waals surface area contributed by atoms with Gasteiger partial charge in [-0.2, -0.15) is 5.10 Å². The van der Waals surface area contributed by atoms with Crippen molar-refractivity contribution < 1.29 is 9.53 Å². The van der Waals surface area contributed by atoms with Gasteiger partial charge >= 0.3 is 0 Å². The Balaban J connectivity index is 1.49. The summed E-state index contributed by atoms with van der Waals surface area (Å²) >= 11 is 0. The summed E-state index contributed by atoms with van der Waals surface area (Å²) in [5.74, 6) is 1.06. The molecule has 1 atom stereocenters. The Hall–Kier alpha value is -3.15. The molecular weight excluding hydrogens is 388 g/mol. The van der Waals surface area contributed by atoms with E-state index in [1.807, 2.05) is 66.3 Å². The molecule has 1 aliphatic rings. The lowest BCUT2D eigenvalue weighted by Gasteiger charge is -2.24. The van der Waals surface area contributed by atoms with Crippen LogP contribution in [0.15, 0.2) is 48.9 Å². The number of benzene rings is 1. The smallest absolute Gasteiger partial charge is 0.223 e. The van der Waals surface area contributed by atoms with Crippen LogP contribution in [-0.4, -0.2) is 38.7 Å². The SMILES string of the molecule is CCOc1ccc(CCC(=O)N2CCC[C@H]2c2nn(C)cc2-c2ccncc2C)cc1. The molecule has 0 radical (unpaired) electrons. The minimum Gasteiger partial charge on any atom is -0.494 e. The van der Waals surface area contributed by atoms with Gasteiger partial charge in [0.2, 0.25) is 5.91 Å². The van der Waals surface area contributed by atoms with E-state index >= 15 is 0 Å². The molecule has 0 spiro atoms. The van der Waals surface area contributed by atoms with Crippen LogP contribution in [0.5, 0.6) is 5.75 Å². The highest BCUT2D eigenvalue weighted by Gasteiger charge is 2.33. The molecule has 3 aromatic rings. The molecule has 1 fully saturated rings. The Labute approximate surface area is 183 Å². The van der Waals surface area contributed by atoms with Gasteiger partial charge in [-0.1, -0.05) is 12.1 Å². The van der Waals surface area contributed by atoms with E-state index in [4.69, 9.17) is 9.84 Å². The number of carbonyl (C=O) groups excluding carboxylic acids is 1. The molecule has 162 valence electrons. The van der Waals surface area contributed by atoms with Gasteiger partial charge in [0.05, 0.1) is 18.3 Å². The maximum atomic E-state index is 13.2. The highest BCUT2D eigenvalue weighted by molar-refractivity contribution is 5.78. The number of aromatic nitrogens is 3. The van der Waals surface area contributed by atoms with E-state index < -0.39 is 0 Å². The number of aryl methyl sites for hydroxylation is 3. The Morgan fingerprint density at radius 1 is 1.19 bits per heavy atom. The molecule has 0 aliphatic carbocycles. The highest BCUT2D eigenvalue weighted by atomic mass is 16.5. The Bertz CT molecular complexity index is 1040. The van der Waals surface area contributed by atoms with Crippen molar-refractivity contribution in [1.29, 1.82) is 0 Å². The maximum Gasteiger partial charge on any atom is 0.223 e. The molecule has 2 aromatic heterocycles. The second kappa shape index (κ2) is 9.33. The second-order valence-corrected chi connectivity index (χ2v) is 8.11. The zero-order chi connectivity index (χ0) is 21.8. The molecule has 1 saturated heterocycles. The molecule has 0 bridgehead atoms. The van der Waals surface area contributed by atoms with Crippen molar-refractivity contribution in [3.63, 3.8) is 0 Å². The summed E-state index contributed by atoms with van der Waals surface area (Å²) in [5.41, 5.74) is 5.48. The number of hydrogen-bond acceptors (Lipinski definition) is 4. The number of pyridine rings is 1. The standard InChI is InChI=1S/C25H30N4O2/c1-4-31-20-10-7-19(8-11-20)9-12-24(30)29-15-5-6-23(29)25-22(17-28(3)27-25)21-13-14-26-16-18(21)2/h7-8,10-11,13-14,16-17,23H,4-6,9,12,15H2,1-3H3/t23-/m0/s1. The molecule has 0 unspecified atom stereocenters. The number of carbonyl (C=O) groups is 1. The second-order valence-electron chi connectivity index (χ2n) is 8.11. The molecule has 0 saturated carbocycles. The van der Waals surface area contributed by atoms with Crippen LogP contribution >= 0.6 is 0 Å². The number of nitrogens with zero attached hydrogens (tertiary/aromatic N) is 4. The van der Waals surface area contributed by atoms with Crippen molar-refractivity contribution in [3.05, 3.63) is 65.7 Å². The fourth-order valence-corrected chi connectivity index (χ4v) is 4.40. The number of amides is 1. The minimum absolute atomic E-state index is 0.0246. The number of likely N-dealkylation sites (tertiary alicyclic amines) is 1. The number of ether oxygens (including phenoxy) is 1. The fraction of sp³-hybridized carbons (Fsp3) is 0.400. The van der Waals surface area contributed by atoms with Crippen LogP contribution in [0, 0.1) is 6.92 Å². The molecule has 1 amide bonds. The molecule has 0 N–H and O–H groups in total. The summed E-state index contributed by atoms with van der Waals surface area (Å²) < 4.78 is 7.35. The summed E-state index contributed by atoms with van der Waals surface area (Å²) in [6, 6.07) is 10.1. The topological polar surface area (TPSA) is 60.2 Å². The van der Waals surface area contributed by atoms with Crippen molar-refractivity contribution in [2.75, 3.05) is 13.2 Å². The van der Waals surface area contributed by atoms with Crippen LogP contribution in [0.4, 0.5) is 0 Å². The molecule has 1 aliphatic heterocycles. The largest absolute Gasteiger partial charge is 0.494 e. The molecule has 6 nitrogen and oxygen atoms in total. The third kappa shape index (κ3) is 4.63. The summed E-state index contributed by atoms with van der Waals surface area (Å²) in [7, 11) is 1.94. The first kappa shape index (κ1) is 21.1. The van der Waals surface area contributed by atoms with Gasteiger partial charge in [-0.05, 0) is 68.0 Å². The quantitative estimate of drug-likeness (QED) is 0.567. The van der Waals surface area contributed by atoms with E-state index in [1.54, 1.807) is 0 Å². The number of rotatable bonds is 7. The Morgan fingerprint density at radius 3 is 2.74 bits per heavy atom. The first-order chi connectivity index (χ1) is 15.1. The predicted octanol–water partition coefficient (Wildman–Crippen LogP) is 4.49. The Kier molecular flexibility index (Phi) is 6.35. The van der Waals surface area contributed by atoms with Crippen molar-refractivity contribution in [2.45, 2.75) is 45.6 Å². The van der Waals surface area contributed by atoms with Crippen LogP contribution < -0.4 is 4.74 Å². The monoisotopic (exact) mass is 418 g/mol. The van der Waals surface area contributed by atoms with Crippen molar-refractivity contribution in [1.82, 2.24) is 19.7 Å². The normalized spacial score (nSPS) is 16.0. The number of hydrogen-bond donors (Lipinski definition) is 0. The zero-order valence-electron chi connectivity index (χ0n) is 18.5. The van der Waals surface area contributed by atoms with E-state index in [1.165, 1.54) is 0 Å². The van der Waals surface area contributed by atoms with Crippen LogP contribution in [0.1, 0.15) is 49.0 Å². The minimum atomic E-state index is 0.0246. The third-order valence-corrected chi connectivity index (χ3v) is 5.92. The first-order valence-electron chi connectivity index (χ1n) is 11.0. The average molecular weight is 419 g/mol. The highest BCUT2D eigenvalue weighted by Crippen LogP contribution is 2.38. The lowest BCUT2D eigenvalue weighted by molar-refractivity contribution is -0.132. The van der Waals surface area contributed by atoms with E-state index in [2.05, 4.69) is 18.1 Å². The van der Waals surface area contributed by atoms with Gasteiger partial charge in [-0.15, -0.1) is 0 Å². The first-order valence-corrected chi connectivity index (χ1v) is 11.0. The molecule has 4 rings (SSSR count). The van der Waals surface area contributed by atoms with Gasteiger partial charge in [-0.25, -0.2) is 0 Å². The molecular formula is C25H30N4O2. The fourth-order valence-electron chi connectivity index (χ4n) is 4.40. The maximum absolute atomic E-state index is 13.2. The summed E-state index contributed by atoms with van der Waals surface area (Å²) in [6.45, 7) is 5.48. The molecule has 31 heavy (non-hydrogen) atoms. The summed E-state index contributed by atoms with van der Waals surface area (Å²) in [5, 5.41) is 4.78. The summed E-state index contributed by atoms with van der Waals surface area (Å²) in [4.78, 5) is 19.4. The average Bonchev–Trinajstić information content (AvgIpc) is 3.40. The van der Waals surface area contributed by atoms with E-state index in [9.17, 15) is 4.79 Å². The third-order valence-electron chi connectivity index (χ3n) is 5.92. The van der Waals surface area contributed by atoms with E-state index in [0.29, 0.717) is 13.0 Å². The van der Waals surface area contributed by atoms with Crippen LogP contribution in [0.25, 0.3) is 11.1 Å². The zero-order valence-corrected chi connectivity index (χ0v) is 18.5. The molecule has 6 heteroatoms. The summed E-state index contributed by atoms with van der Waals surface area (Å²) in [6.07, 6.45) is 8.92. The Morgan fingerprint density at radius 2 is 2.00 bits per heavy atom. The molecule has 3 heterocycles. The van der Waals surface area contributed by atoms with Gasteiger partial charge < -0.3 is 9.64 Å². The van der Waals surface area contributed by atoms with Gasteiger partial charge in [0, 0.05) is 44.2 Å². The van der Waals surface area contributed by atoms with Gasteiger partial charge in [-0.3, -0.25) is 14.5 Å². The van der Waals surface area contributed by atoms with E-state index in [-0.39, 0.29) is 11.9 Å². The van der Waals surface area contributed by atoms with Crippen LogP contribution in [-0.2, 0) is 18.3 Å². The van der Waals surface area contributed by atoms with Crippen LogP contribution in [0.2, 0.25) is 0 Å². The van der Waals surface area contributed by atoms with Crippen molar-refractivity contribution in [3.8, 4) is 16.9 Å². The predicted molar refractivity (Wildman–Crippen MR) is 121 cm³/mol. The van der Waals surface area contributed by atoms with Crippen molar-refractivity contribution >= 4 is 5.91 Å². The van der Waals surface area contributed by atoms with Gasteiger partial charge in [0.1, 0.15) is 5.75 Å². The van der Waals surface area contributed by atoms with Gasteiger partial charge in [0.25, 0.3) is 0 Å². The lowest BCUT2D eigenvalue weighted by atomic mass is 9.98. The van der Waals surface area contributed by atoms with Crippen LogP contribution in [0.3, 0.4) is 0 Å². The van der Waals surface area contributed by atoms with E-state index in [0.717, 1.165) is 59.5 Å². The van der Waals surface area contributed by atoms with Crippen molar-refractivity contribution in [2.24, 2.45) is 7.05 Å².